The number of para-hydroxylation sites is 1. The summed E-state index contributed by atoms with van der Waals surface area (Å²) < 4.78 is 13.9. The Balaban J connectivity index is 1.93. The van der Waals surface area contributed by atoms with Gasteiger partial charge < -0.3 is 5.32 Å². The van der Waals surface area contributed by atoms with Gasteiger partial charge in [0.05, 0.1) is 11.7 Å². The minimum atomic E-state index is -0.173. The summed E-state index contributed by atoms with van der Waals surface area (Å²) in [5.41, 5.74) is 4.23. The van der Waals surface area contributed by atoms with Crippen LogP contribution < -0.4 is 5.32 Å². The Kier molecular flexibility index (Phi) is 3.47. The van der Waals surface area contributed by atoms with E-state index in [1.165, 1.54) is 17.2 Å². The molecule has 0 bridgehead atoms. The topological polar surface area (TPSA) is 12.0 Å². The van der Waals surface area contributed by atoms with Crippen molar-refractivity contribution < 1.29 is 4.39 Å². The number of benzene rings is 2. The van der Waals surface area contributed by atoms with E-state index in [0.717, 1.165) is 17.1 Å². The van der Waals surface area contributed by atoms with Gasteiger partial charge in [0.2, 0.25) is 0 Å². The summed E-state index contributed by atoms with van der Waals surface area (Å²) >= 11 is 1.89. The standard InChI is InChI=1S/C16H16FNS/c1-11-5-4-8-14(17)16(11)18-15-10-19-9-12-6-2-3-7-13(12)15/h2-8,15,18H,9-10H2,1H3. The molecule has 1 N–H and O–H groups in total. The minimum Gasteiger partial charge on any atom is -0.375 e. The first-order valence-corrected chi connectivity index (χ1v) is 7.58. The fourth-order valence-electron chi connectivity index (χ4n) is 2.49. The first-order chi connectivity index (χ1) is 9.25. The Labute approximate surface area is 117 Å². The Morgan fingerprint density at radius 3 is 2.84 bits per heavy atom. The molecule has 0 saturated carbocycles. The maximum atomic E-state index is 13.9. The quantitative estimate of drug-likeness (QED) is 0.862. The molecule has 19 heavy (non-hydrogen) atoms. The lowest BCUT2D eigenvalue weighted by Crippen LogP contribution is -2.19. The zero-order valence-corrected chi connectivity index (χ0v) is 11.6. The van der Waals surface area contributed by atoms with Gasteiger partial charge in [-0.2, -0.15) is 11.8 Å². The first kappa shape index (κ1) is 12.5. The molecule has 1 nitrogen and oxygen atoms in total. The average Bonchev–Trinajstić information content (AvgIpc) is 2.43. The lowest BCUT2D eigenvalue weighted by atomic mass is 10.0. The number of hydrogen-bond acceptors (Lipinski definition) is 2. The van der Waals surface area contributed by atoms with Crippen molar-refractivity contribution in [2.75, 3.05) is 11.1 Å². The predicted octanol–water partition coefficient (Wildman–Crippen LogP) is 4.53. The van der Waals surface area contributed by atoms with Crippen LogP contribution in [0.15, 0.2) is 42.5 Å². The summed E-state index contributed by atoms with van der Waals surface area (Å²) in [7, 11) is 0. The van der Waals surface area contributed by atoms with Crippen LogP contribution in [0.25, 0.3) is 0 Å². The SMILES string of the molecule is Cc1cccc(F)c1NC1CSCc2ccccc21. The summed E-state index contributed by atoms with van der Waals surface area (Å²) in [5, 5.41) is 3.38. The highest BCUT2D eigenvalue weighted by Gasteiger charge is 2.21. The molecule has 3 rings (SSSR count). The number of aryl methyl sites for hydroxylation is 1. The van der Waals surface area contributed by atoms with E-state index < -0.39 is 0 Å². The van der Waals surface area contributed by atoms with Crippen molar-refractivity contribution in [1.82, 2.24) is 0 Å². The van der Waals surface area contributed by atoms with Crippen LogP contribution >= 0.6 is 11.8 Å². The highest BCUT2D eigenvalue weighted by atomic mass is 32.2. The van der Waals surface area contributed by atoms with Crippen molar-refractivity contribution in [3.63, 3.8) is 0 Å². The molecule has 1 heterocycles. The molecule has 1 atom stereocenters. The molecule has 3 heteroatoms. The molecule has 0 amide bonds. The highest BCUT2D eigenvalue weighted by molar-refractivity contribution is 7.98. The molecule has 1 aliphatic rings. The molecule has 0 spiro atoms. The molecule has 0 fully saturated rings. The fraction of sp³-hybridized carbons (Fsp3) is 0.250. The summed E-state index contributed by atoms with van der Waals surface area (Å²) in [6.45, 7) is 1.94. The molecular weight excluding hydrogens is 257 g/mol. The number of halogens is 1. The van der Waals surface area contributed by atoms with Crippen LogP contribution in [0.3, 0.4) is 0 Å². The molecule has 98 valence electrons. The second-order valence-electron chi connectivity index (χ2n) is 4.84. The molecule has 0 radical (unpaired) electrons. The van der Waals surface area contributed by atoms with Gasteiger partial charge in [-0.05, 0) is 29.7 Å². The Bertz CT molecular complexity index is 577. The Morgan fingerprint density at radius 2 is 2.00 bits per heavy atom. The van der Waals surface area contributed by atoms with E-state index in [9.17, 15) is 4.39 Å². The van der Waals surface area contributed by atoms with Gasteiger partial charge in [-0.3, -0.25) is 0 Å². The van der Waals surface area contributed by atoms with Gasteiger partial charge in [0, 0.05) is 11.5 Å². The molecule has 1 unspecified atom stereocenters. The van der Waals surface area contributed by atoms with Gasteiger partial charge in [0.15, 0.2) is 0 Å². The highest BCUT2D eigenvalue weighted by Crippen LogP contribution is 2.35. The van der Waals surface area contributed by atoms with Gasteiger partial charge in [-0.25, -0.2) is 4.39 Å². The fourth-order valence-corrected chi connectivity index (χ4v) is 3.59. The maximum Gasteiger partial charge on any atom is 0.146 e. The molecule has 2 aromatic carbocycles. The van der Waals surface area contributed by atoms with Crippen molar-refractivity contribution in [2.24, 2.45) is 0 Å². The second kappa shape index (κ2) is 5.25. The smallest absolute Gasteiger partial charge is 0.146 e. The number of thioether (sulfide) groups is 1. The summed E-state index contributed by atoms with van der Waals surface area (Å²) in [5.74, 6) is 1.85. The minimum absolute atomic E-state index is 0.173. The Hall–Kier alpha value is -1.48. The number of rotatable bonds is 2. The van der Waals surface area contributed by atoms with Crippen LogP contribution in [0.1, 0.15) is 22.7 Å². The van der Waals surface area contributed by atoms with E-state index >= 15 is 0 Å². The lowest BCUT2D eigenvalue weighted by molar-refractivity contribution is 0.626. The first-order valence-electron chi connectivity index (χ1n) is 6.43. The lowest BCUT2D eigenvalue weighted by Gasteiger charge is -2.27. The third kappa shape index (κ3) is 2.47. The van der Waals surface area contributed by atoms with E-state index in [4.69, 9.17) is 0 Å². The molecule has 0 saturated heterocycles. The third-order valence-corrected chi connectivity index (χ3v) is 4.60. The molecule has 1 aliphatic heterocycles. The van der Waals surface area contributed by atoms with E-state index in [1.807, 2.05) is 24.8 Å². The van der Waals surface area contributed by atoms with Crippen LogP contribution in [0.2, 0.25) is 0 Å². The third-order valence-electron chi connectivity index (χ3n) is 3.51. The van der Waals surface area contributed by atoms with Crippen molar-refractivity contribution in [3.8, 4) is 0 Å². The van der Waals surface area contributed by atoms with Crippen LogP contribution in [-0.4, -0.2) is 5.75 Å². The van der Waals surface area contributed by atoms with Crippen LogP contribution in [0.4, 0.5) is 10.1 Å². The van der Waals surface area contributed by atoms with Gasteiger partial charge in [0.25, 0.3) is 0 Å². The van der Waals surface area contributed by atoms with Gasteiger partial charge >= 0.3 is 0 Å². The number of anilines is 1. The van der Waals surface area contributed by atoms with Gasteiger partial charge in [-0.1, -0.05) is 36.4 Å². The van der Waals surface area contributed by atoms with E-state index in [1.54, 1.807) is 6.07 Å². The number of nitrogens with one attached hydrogen (secondary N) is 1. The number of fused-ring (bicyclic) bond motifs is 1. The van der Waals surface area contributed by atoms with E-state index in [-0.39, 0.29) is 11.9 Å². The summed E-state index contributed by atoms with van der Waals surface area (Å²) in [6, 6.07) is 13.8. The van der Waals surface area contributed by atoms with Crippen LogP contribution in [-0.2, 0) is 5.75 Å². The monoisotopic (exact) mass is 273 g/mol. The number of hydrogen-bond donors (Lipinski definition) is 1. The van der Waals surface area contributed by atoms with E-state index in [2.05, 4.69) is 29.6 Å². The molecule has 2 aromatic rings. The van der Waals surface area contributed by atoms with E-state index in [0.29, 0.717) is 5.69 Å². The van der Waals surface area contributed by atoms with Crippen LogP contribution in [0.5, 0.6) is 0 Å². The second-order valence-corrected chi connectivity index (χ2v) is 5.87. The largest absolute Gasteiger partial charge is 0.375 e. The van der Waals surface area contributed by atoms with Crippen molar-refractivity contribution >= 4 is 17.4 Å². The maximum absolute atomic E-state index is 13.9. The van der Waals surface area contributed by atoms with Crippen molar-refractivity contribution in [1.29, 1.82) is 0 Å². The van der Waals surface area contributed by atoms with Crippen LogP contribution in [0, 0.1) is 12.7 Å². The molecule has 0 aliphatic carbocycles. The average molecular weight is 273 g/mol. The molecule has 0 aromatic heterocycles. The van der Waals surface area contributed by atoms with Crippen molar-refractivity contribution in [2.45, 2.75) is 18.7 Å². The predicted molar refractivity (Wildman–Crippen MR) is 80.1 cm³/mol. The Morgan fingerprint density at radius 1 is 1.16 bits per heavy atom. The summed E-state index contributed by atoms with van der Waals surface area (Å²) in [4.78, 5) is 0. The molecular formula is C16H16FNS. The zero-order chi connectivity index (χ0) is 13.2. The summed E-state index contributed by atoms with van der Waals surface area (Å²) in [6.07, 6.45) is 0. The van der Waals surface area contributed by atoms with Gasteiger partial charge in [0.1, 0.15) is 5.82 Å². The van der Waals surface area contributed by atoms with Gasteiger partial charge in [-0.15, -0.1) is 0 Å². The van der Waals surface area contributed by atoms with Crippen molar-refractivity contribution in [3.05, 3.63) is 65.0 Å². The normalized spacial score (nSPS) is 17.9. The zero-order valence-electron chi connectivity index (χ0n) is 10.8.